The van der Waals surface area contributed by atoms with Gasteiger partial charge in [-0.2, -0.15) is 0 Å². The minimum absolute atomic E-state index is 0.743. The summed E-state index contributed by atoms with van der Waals surface area (Å²) in [5.41, 5.74) is 4.58. The predicted molar refractivity (Wildman–Crippen MR) is 108 cm³/mol. The van der Waals surface area contributed by atoms with Gasteiger partial charge >= 0.3 is 0 Å². The quantitative estimate of drug-likeness (QED) is 0.562. The number of anilines is 2. The zero-order valence-electron chi connectivity index (χ0n) is 15.2. The average molecular weight is 388 g/mol. The highest BCUT2D eigenvalue weighted by molar-refractivity contribution is 8.00. The third-order valence-corrected chi connectivity index (χ3v) is 5.89. The first kappa shape index (κ1) is 18.5. The molecule has 0 aliphatic rings. The third-order valence-electron chi connectivity index (χ3n) is 3.87. The van der Waals surface area contributed by atoms with Gasteiger partial charge in [0, 0.05) is 11.4 Å². The number of thioether (sulfide) groups is 1. The van der Waals surface area contributed by atoms with E-state index in [1.54, 1.807) is 37.3 Å². The molecule has 1 N–H and O–H groups in total. The summed E-state index contributed by atoms with van der Waals surface area (Å²) in [6.45, 7) is 4.14. The van der Waals surface area contributed by atoms with Gasteiger partial charge in [0.05, 0.1) is 14.2 Å². The summed E-state index contributed by atoms with van der Waals surface area (Å²) in [5.74, 6) is 2.29. The number of hydrogen-bond donors (Lipinski definition) is 1. The average Bonchev–Trinajstić information content (AvgIpc) is 3.07. The molecule has 2 aromatic carbocycles. The van der Waals surface area contributed by atoms with Crippen LogP contribution in [0, 0.1) is 13.8 Å². The van der Waals surface area contributed by atoms with Crippen molar-refractivity contribution in [1.29, 1.82) is 0 Å². The molecule has 1 heterocycles. The number of methoxy groups -OCH3 is 2. The van der Waals surface area contributed by atoms with Crippen LogP contribution in [-0.2, 0) is 5.75 Å². The maximum absolute atomic E-state index is 5.39. The van der Waals surface area contributed by atoms with E-state index in [1.165, 1.54) is 11.1 Å². The zero-order chi connectivity index (χ0) is 18.5. The van der Waals surface area contributed by atoms with Crippen molar-refractivity contribution in [3.05, 3.63) is 53.1 Å². The largest absolute Gasteiger partial charge is 0.493 e. The van der Waals surface area contributed by atoms with Crippen LogP contribution in [0.25, 0.3) is 0 Å². The van der Waals surface area contributed by atoms with E-state index in [2.05, 4.69) is 41.5 Å². The molecule has 0 saturated heterocycles. The number of nitrogens with one attached hydrogen (secondary N) is 1. The molecule has 7 heteroatoms. The lowest BCUT2D eigenvalue weighted by atomic mass is 10.1. The molecule has 1 aromatic heterocycles. The summed E-state index contributed by atoms with van der Waals surface area (Å²) >= 11 is 3.21. The Hall–Kier alpha value is -2.25. The van der Waals surface area contributed by atoms with Gasteiger partial charge in [0.15, 0.2) is 15.8 Å². The van der Waals surface area contributed by atoms with Gasteiger partial charge in [0.1, 0.15) is 0 Å². The van der Waals surface area contributed by atoms with Crippen LogP contribution in [0.5, 0.6) is 11.5 Å². The lowest BCUT2D eigenvalue weighted by Crippen LogP contribution is -1.95. The van der Waals surface area contributed by atoms with E-state index in [0.29, 0.717) is 0 Å². The third kappa shape index (κ3) is 4.47. The number of benzene rings is 2. The summed E-state index contributed by atoms with van der Waals surface area (Å²) in [5, 5.41) is 12.6. The molecule has 0 saturated carbocycles. The van der Waals surface area contributed by atoms with Crippen molar-refractivity contribution in [3.63, 3.8) is 0 Å². The standard InChI is InChI=1S/C19H21N3O2S2/c1-12-6-5-7-15(8-12)20-18-21-22-19(26-18)25-11-14-10-17(24-4)16(23-3)9-13(14)2/h5-10H,11H2,1-4H3,(H,20,21). The van der Waals surface area contributed by atoms with E-state index in [1.807, 2.05) is 24.3 Å². The molecular formula is C19H21N3O2S2. The van der Waals surface area contributed by atoms with Crippen LogP contribution in [0.15, 0.2) is 40.7 Å². The number of aromatic nitrogens is 2. The maximum atomic E-state index is 5.39. The molecule has 0 bridgehead atoms. The van der Waals surface area contributed by atoms with Gasteiger partial charge < -0.3 is 14.8 Å². The topological polar surface area (TPSA) is 56.3 Å². The first-order valence-electron chi connectivity index (χ1n) is 8.10. The Bertz CT molecular complexity index is 896. The lowest BCUT2D eigenvalue weighted by Gasteiger charge is -2.12. The summed E-state index contributed by atoms with van der Waals surface area (Å²) in [6.07, 6.45) is 0. The van der Waals surface area contributed by atoms with E-state index in [9.17, 15) is 0 Å². The Morgan fingerprint density at radius 3 is 2.54 bits per heavy atom. The van der Waals surface area contributed by atoms with Gasteiger partial charge in [-0.15, -0.1) is 10.2 Å². The van der Waals surface area contributed by atoms with Gasteiger partial charge in [0.2, 0.25) is 5.13 Å². The highest BCUT2D eigenvalue weighted by atomic mass is 32.2. The Labute approximate surface area is 161 Å². The Morgan fingerprint density at radius 1 is 1.04 bits per heavy atom. The SMILES string of the molecule is COc1cc(C)c(CSc2nnc(Nc3cccc(C)c3)s2)cc1OC. The van der Waals surface area contributed by atoms with Crippen molar-refractivity contribution < 1.29 is 9.47 Å². The van der Waals surface area contributed by atoms with Gasteiger partial charge in [-0.1, -0.05) is 35.2 Å². The van der Waals surface area contributed by atoms with Crippen molar-refractivity contribution in [1.82, 2.24) is 10.2 Å². The molecule has 3 rings (SSSR count). The molecule has 0 aliphatic carbocycles. The molecular weight excluding hydrogens is 366 g/mol. The van der Waals surface area contributed by atoms with Crippen molar-refractivity contribution in [2.45, 2.75) is 23.9 Å². The molecule has 26 heavy (non-hydrogen) atoms. The lowest BCUT2D eigenvalue weighted by molar-refractivity contribution is 0.354. The van der Waals surface area contributed by atoms with E-state index in [4.69, 9.17) is 9.47 Å². The van der Waals surface area contributed by atoms with Gasteiger partial charge in [-0.05, 0) is 54.8 Å². The first-order chi connectivity index (χ1) is 12.6. The molecule has 5 nitrogen and oxygen atoms in total. The molecule has 0 atom stereocenters. The highest BCUT2D eigenvalue weighted by Crippen LogP contribution is 2.35. The number of aryl methyl sites for hydroxylation is 2. The van der Waals surface area contributed by atoms with E-state index >= 15 is 0 Å². The fraction of sp³-hybridized carbons (Fsp3) is 0.263. The fourth-order valence-corrected chi connectivity index (χ4v) is 4.32. The van der Waals surface area contributed by atoms with Crippen molar-refractivity contribution in [3.8, 4) is 11.5 Å². The molecule has 136 valence electrons. The number of nitrogens with zero attached hydrogens (tertiary/aromatic N) is 2. The number of hydrogen-bond acceptors (Lipinski definition) is 7. The monoisotopic (exact) mass is 387 g/mol. The maximum Gasteiger partial charge on any atom is 0.210 e. The molecule has 0 amide bonds. The minimum Gasteiger partial charge on any atom is -0.493 e. The van der Waals surface area contributed by atoms with Crippen molar-refractivity contribution in [2.24, 2.45) is 0 Å². The Balaban J connectivity index is 1.66. The second kappa shape index (κ2) is 8.42. The summed E-state index contributed by atoms with van der Waals surface area (Å²) in [6, 6.07) is 12.2. The van der Waals surface area contributed by atoms with Gasteiger partial charge in [-0.25, -0.2) is 0 Å². The van der Waals surface area contributed by atoms with Crippen LogP contribution in [0.2, 0.25) is 0 Å². The van der Waals surface area contributed by atoms with Crippen molar-refractivity contribution >= 4 is 33.9 Å². The molecule has 0 aliphatic heterocycles. The van der Waals surface area contributed by atoms with E-state index < -0.39 is 0 Å². The van der Waals surface area contributed by atoms with Crippen LogP contribution in [0.3, 0.4) is 0 Å². The smallest absolute Gasteiger partial charge is 0.210 e. The molecule has 0 spiro atoms. The highest BCUT2D eigenvalue weighted by Gasteiger charge is 2.11. The predicted octanol–water partition coefficient (Wildman–Crippen LogP) is 5.21. The summed E-state index contributed by atoms with van der Waals surface area (Å²) < 4.78 is 11.7. The molecule has 0 radical (unpaired) electrons. The van der Waals surface area contributed by atoms with Crippen LogP contribution in [0.1, 0.15) is 16.7 Å². The second-order valence-electron chi connectivity index (χ2n) is 5.79. The number of rotatable bonds is 7. The van der Waals surface area contributed by atoms with Crippen molar-refractivity contribution in [2.75, 3.05) is 19.5 Å². The van der Waals surface area contributed by atoms with Gasteiger partial charge in [0.25, 0.3) is 0 Å². The molecule has 3 aromatic rings. The minimum atomic E-state index is 0.743. The van der Waals surface area contributed by atoms with Crippen LogP contribution >= 0.6 is 23.1 Å². The Morgan fingerprint density at radius 2 is 1.81 bits per heavy atom. The zero-order valence-corrected chi connectivity index (χ0v) is 16.8. The van der Waals surface area contributed by atoms with Crippen LogP contribution in [0.4, 0.5) is 10.8 Å². The summed E-state index contributed by atoms with van der Waals surface area (Å²) in [7, 11) is 3.30. The van der Waals surface area contributed by atoms with E-state index in [0.717, 1.165) is 38.0 Å². The summed E-state index contributed by atoms with van der Waals surface area (Å²) in [4.78, 5) is 0. The van der Waals surface area contributed by atoms with Crippen LogP contribution < -0.4 is 14.8 Å². The Kier molecular flexibility index (Phi) is 6.00. The van der Waals surface area contributed by atoms with Gasteiger partial charge in [-0.3, -0.25) is 0 Å². The second-order valence-corrected chi connectivity index (χ2v) is 7.99. The van der Waals surface area contributed by atoms with Crippen LogP contribution in [-0.4, -0.2) is 24.4 Å². The number of ether oxygens (including phenoxy) is 2. The molecule has 0 unspecified atom stereocenters. The first-order valence-corrected chi connectivity index (χ1v) is 9.90. The molecule has 0 fully saturated rings. The normalized spacial score (nSPS) is 10.6. The van der Waals surface area contributed by atoms with E-state index in [-0.39, 0.29) is 0 Å². The fourth-order valence-electron chi connectivity index (χ4n) is 2.48.